The van der Waals surface area contributed by atoms with Crippen LogP contribution < -0.4 is 4.74 Å². The van der Waals surface area contributed by atoms with Crippen molar-refractivity contribution in [3.05, 3.63) is 94.9 Å². The average molecular weight is 420 g/mol. The van der Waals surface area contributed by atoms with E-state index in [1.807, 2.05) is 42.5 Å². The van der Waals surface area contributed by atoms with Crippen molar-refractivity contribution in [2.45, 2.75) is 38.2 Å². The summed E-state index contributed by atoms with van der Waals surface area (Å²) in [6.45, 7) is 0.286. The zero-order valence-electron chi connectivity index (χ0n) is 16.7. The third-order valence-corrected chi connectivity index (χ3v) is 5.88. The highest BCUT2D eigenvalue weighted by Gasteiger charge is 2.16. The van der Waals surface area contributed by atoms with Gasteiger partial charge in [0.25, 0.3) is 0 Å². The first-order chi connectivity index (χ1) is 14.6. The Morgan fingerprint density at radius 1 is 1.00 bits per heavy atom. The van der Waals surface area contributed by atoms with E-state index < -0.39 is 5.97 Å². The lowest BCUT2D eigenvalue weighted by molar-refractivity contribution is 0.0696. The minimum atomic E-state index is -0.952. The molecule has 3 aromatic rings. The summed E-state index contributed by atoms with van der Waals surface area (Å²) in [5.41, 5.74) is 4.30. The van der Waals surface area contributed by atoms with Crippen LogP contribution in [0.15, 0.2) is 66.7 Å². The molecule has 0 aromatic heterocycles. The fraction of sp³-hybridized carbons (Fsp3) is 0.231. The second kappa shape index (κ2) is 9.36. The maximum atomic E-state index is 11.4. The number of halogens is 1. The summed E-state index contributed by atoms with van der Waals surface area (Å²) in [7, 11) is 0. The summed E-state index contributed by atoms with van der Waals surface area (Å²) in [5, 5.41) is 10.0. The molecule has 1 aliphatic rings. The summed E-state index contributed by atoms with van der Waals surface area (Å²) in [4.78, 5) is 11.4. The first-order valence-electron chi connectivity index (χ1n) is 10.3. The van der Waals surface area contributed by atoms with Crippen molar-refractivity contribution < 1.29 is 14.6 Å². The van der Waals surface area contributed by atoms with E-state index in [-0.39, 0.29) is 12.2 Å². The molecule has 30 heavy (non-hydrogen) atoms. The van der Waals surface area contributed by atoms with E-state index in [1.165, 1.54) is 31.2 Å². The lowest BCUT2D eigenvalue weighted by Crippen LogP contribution is -2.05. The number of hydrogen-bond donors (Lipinski definition) is 1. The Bertz CT molecular complexity index is 1000. The molecule has 4 heteroatoms. The molecule has 153 valence electrons. The number of ether oxygens (including phenoxy) is 1. The molecular formula is C26H24ClO3. The molecule has 0 saturated heterocycles. The van der Waals surface area contributed by atoms with Crippen molar-refractivity contribution in [3.63, 3.8) is 0 Å². The van der Waals surface area contributed by atoms with Crippen LogP contribution in [0.3, 0.4) is 0 Å². The molecule has 4 rings (SSSR count). The zero-order chi connectivity index (χ0) is 20.9. The molecule has 1 aliphatic carbocycles. The Kier molecular flexibility index (Phi) is 6.39. The SMILES string of the molecule is O=C(O)c1ccc(-c2ccc(Cl)cc2)c(COc2ccc(C3[CH]CCCC3)cc2)c1. The van der Waals surface area contributed by atoms with Gasteiger partial charge in [0, 0.05) is 5.02 Å². The minimum Gasteiger partial charge on any atom is -0.489 e. The normalized spacial score (nSPS) is 14.4. The summed E-state index contributed by atoms with van der Waals surface area (Å²) >= 11 is 6.01. The number of carboxylic acids is 1. The number of carboxylic acid groups (broad SMARTS) is 1. The molecule has 3 aromatic carbocycles. The Balaban J connectivity index is 1.53. The first kappa shape index (κ1) is 20.5. The monoisotopic (exact) mass is 419 g/mol. The van der Waals surface area contributed by atoms with E-state index >= 15 is 0 Å². The van der Waals surface area contributed by atoms with Gasteiger partial charge in [0.15, 0.2) is 0 Å². The van der Waals surface area contributed by atoms with Crippen molar-refractivity contribution in [2.24, 2.45) is 0 Å². The summed E-state index contributed by atoms with van der Waals surface area (Å²) in [5.74, 6) is 0.362. The van der Waals surface area contributed by atoms with Crippen LogP contribution in [0.25, 0.3) is 11.1 Å². The molecule has 1 atom stereocenters. The van der Waals surface area contributed by atoms with E-state index in [0.717, 1.165) is 22.4 Å². The fourth-order valence-corrected chi connectivity index (χ4v) is 4.10. The molecule has 0 bridgehead atoms. The van der Waals surface area contributed by atoms with Crippen molar-refractivity contribution in [1.29, 1.82) is 0 Å². The molecule has 0 spiro atoms. The van der Waals surface area contributed by atoms with Gasteiger partial charge in [-0.25, -0.2) is 4.79 Å². The maximum absolute atomic E-state index is 11.4. The lowest BCUT2D eigenvalue weighted by Gasteiger charge is -2.21. The highest BCUT2D eigenvalue weighted by Crippen LogP contribution is 2.33. The molecule has 1 fully saturated rings. The van der Waals surface area contributed by atoms with Crippen LogP contribution in [-0.2, 0) is 6.61 Å². The third kappa shape index (κ3) is 4.85. The zero-order valence-corrected chi connectivity index (χ0v) is 17.4. The van der Waals surface area contributed by atoms with Gasteiger partial charge in [0.2, 0.25) is 0 Å². The second-order valence-corrected chi connectivity index (χ2v) is 8.10. The van der Waals surface area contributed by atoms with Crippen LogP contribution in [0.4, 0.5) is 0 Å². The molecule has 0 amide bonds. The largest absolute Gasteiger partial charge is 0.489 e. The van der Waals surface area contributed by atoms with Gasteiger partial charge in [0.05, 0.1) is 5.56 Å². The molecule has 1 N–H and O–H groups in total. The number of benzene rings is 3. The van der Waals surface area contributed by atoms with Gasteiger partial charge in [0.1, 0.15) is 12.4 Å². The maximum Gasteiger partial charge on any atom is 0.335 e. The number of hydrogen-bond acceptors (Lipinski definition) is 2. The molecule has 0 heterocycles. The van der Waals surface area contributed by atoms with Crippen molar-refractivity contribution in [3.8, 4) is 16.9 Å². The molecule has 1 unspecified atom stereocenters. The third-order valence-electron chi connectivity index (χ3n) is 5.63. The first-order valence-corrected chi connectivity index (χ1v) is 10.7. The van der Waals surface area contributed by atoms with Crippen LogP contribution in [0.2, 0.25) is 5.02 Å². The van der Waals surface area contributed by atoms with Gasteiger partial charge < -0.3 is 9.84 Å². The van der Waals surface area contributed by atoms with E-state index in [1.54, 1.807) is 12.1 Å². The quantitative estimate of drug-likeness (QED) is 0.461. The van der Waals surface area contributed by atoms with Gasteiger partial charge in [-0.3, -0.25) is 0 Å². The number of rotatable bonds is 6. The summed E-state index contributed by atoms with van der Waals surface area (Å²) in [6.07, 6.45) is 7.40. The molecule has 1 radical (unpaired) electrons. The highest BCUT2D eigenvalue weighted by molar-refractivity contribution is 6.30. The van der Waals surface area contributed by atoms with Crippen LogP contribution in [0, 0.1) is 6.42 Å². The fourth-order valence-electron chi connectivity index (χ4n) is 3.98. The van der Waals surface area contributed by atoms with E-state index in [4.69, 9.17) is 16.3 Å². The van der Waals surface area contributed by atoms with Gasteiger partial charge in [-0.1, -0.05) is 54.8 Å². The Labute approximate surface area is 182 Å². The van der Waals surface area contributed by atoms with Crippen molar-refractivity contribution in [1.82, 2.24) is 0 Å². The predicted octanol–water partition coefficient (Wildman–Crippen LogP) is 7.15. The van der Waals surface area contributed by atoms with Crippen LogP contribution in [-0.4, -0.2) is 11.1 Å². The lowest BCUT2D eigenvalue weighted by atomic mass is 9.84. The van der Waals surface area contributed by atoms with E-state index in [9.17, 15) is 9.90 Å². The molecule has 3 nitrogen and oxygen atoms in total. The van der Waals surface area contributed by atoms with Crippen molar-refractivity contribution >= 4 is 17.6 Å². The molecule has 1 saturated carbocycles. The summed E-state index contributed by atoms with van der Waals surface area (Å²) in [6, 6.07) is 20.9. The van der Waals surface area contributed by atoms with Gasteiger partial charge in [-0.05, 0) is 83.8 Å². The Hall–Kier alpha value is -2.78. The minimum absolute atomic E-state index is 0.245. The topological polar surface area (TPSA) is 46.5 Å². The predicted molar refractivity (Wildman–Crippen MR) is 120 cm³/mol. The average Bonchev–Trinajstić information content (AvgIpc) is 2.79. The Morgan fingerprint density at radius 2 is 1.77 bits per heavy atom. The smallest absolute Gasteiger partial charge is 0.335 e. The van der Waals surface area contributed by atoms with Crippen LogP contribution in [0.5, 0.6) is 5.75 Å². The second-order valence-electron chi connectivity index (χ2n) is 7.67. The Morgan fingerprint density at radius 3 is 2.43 bits per heavy atom. The van der Waals surface area contributed by atoms with Gasteiger partial charge in [-0.15, -0.1) is 0 Å². The van der Waals surface area contributed by atoms with Crippen molar-refractivity contribution in [2.75, 3.05) is 0 Å². The van der Waals surface area contributed by atoms with Gasteiger partial charge >= 0.3 is 5.97 Å². The highest BCUT2D eigenvalue weighted by atomic mass is 35.5. The van der Waals surface area contributed by atoms with E-state index in [2.05, 4.69) is 18.6 Å². The molecular weight excluding hydrogens is 396 g/mol. The molecule has 0 aliphatic heterocycles. The van der Waals surface area contributed by atoms with Crippen LogP contribution >= 0.6 is 11.6 Å². The number of carbonyl (C=O) groups is 1. The van der Waals surface area contributed by atoms with Crippen LogP contribution in [0.1, 0.15) is 53.1 Å². The van der Waals surface area contributed by atoms with Gasteiger partial charge in [-0.2, -0.15) is 0 Å². The summed E-state index contributed by atoms with van der Waals surface area (Å²) < 4.78 is 6.03. The standard InChI is InChI=1S/C26H24ClO3/c27-23-11-6-20(7-12-23)25-15-10-21(26(28)29)16-22(25)17-30-24-13-8-19(9-14-24)18-4-2-1-3-5-18/h4,6-16,18H,1-3,5,17H2,(H,28,29). The van der Waals surface area contributed by atoms with E-state index in [0.29, 0.717) is 10.9 Å². The number of aromatic carboxylic acids is 1.